The molecule has 0 bridgehead atoms. The summed E-state index contributed by atoms with van der Waals surface area (Å²) in [6.45, 7) is 0.815. The molecule has 0 aromatic carbocycles. The van der Waals surface area contributed by atoms with E-state index in [9.17, 15) is 0 Å². The van der Waals surface area contributed by atoms with Gasteiger partial charge in [0.2, 0.25) is 0 Å². The van der Waals surface area contributed by atoms with Gasteiger partial charge in [-0.15, -0.1) is 0 Å². The van der Waals surface area contributed by atoms with Crippen LogP contribution in [0.2, 0.25) is 0 Å². The van der Waals surface area contributed by atoms with Gasteiger partial charge in [-0.25, -0.2) is 0 Å². The van der Waals surface area contributed by atoms with Gasteiger partial charge in [0.25, 0.3) is 0 Å². The highest BCUT2D eigenvalue weighted by molar-refractivity contribution is 5.26. The van der Waals surface area contributed by atoms with Gasteiger partial charge in [0, 0.05) is 12.8 Å². The topological polar surface area (TPSA) is 57.4 Å². The normalized spacial score (nSPS) is 22.7. The Balaban J connectivity index is 2.13. The number of nitrogens with zero attached hydrogens (tertiary/aromatic N) is 1. The number of hydrogen-bond acceptors (Lipinski definition) is 4. The summed E-state index contributed by atoms with van der Waals surface area (Å²) in [5.74, 6) is 0.737. The Labute approximate surface area is 89.4 Å². The predicted molar refractivity (Wildman–Crippen MR) is 56.7 cm³/mol. The van der Waals surface area contributed by atoms with Crippen LogP contribution in [0.3, 0.4) is 0 Å². The van der Waals surface area contributed by atoms with Crippen molar-refractivity contribution in [3.05, 3.63) is 24.0 Å². The van der Waals surface area contributed by atoms with E-state index in [1.165, 1.54) is 0 Å². The summed E-state index contributed by atoms with van der Waals surface area (Å²) in [7, 11) is 1.62. The Morgan fingerprint density at radius 3 is 3.13 bits per heavy atom. The van der Waals surface area contributed by atoms with E-state index in [1.807, 2.05) is 6.07 Å². The summed E-state index contributed by atoms with van der Waals surface area (Å²) in [4.78, 5) is 4.09. The number of pyridine rings is 1. The fourth-order valence-electron chi connectivity index (χ4n) is 1.83. The van der Waals surface area contributed by atoms with Gasteiger partial charge in [-0.3, -0.25) is 4.98 Å². The smallest absolute Gasteiger partial charge is 0.137 e. The SMILES string of the molecule is COc1cncc(C(N)C2CCCO2)c1. The van der Waals surface area contributed by atoms with Crippen molar-refractivity contribution in [1.82, 2.24) is 4.98 Å². The van der Waals surface area contributed by atoms with Crippen LogP contribution in [-0.4, -0.2) is 24.8 Å². The fraction of sp³-hybridized carbons (Fsp3) is 0.545. The number of rotatable bonds is 3. The lowest BCUT2D eigenvalue weighted by atomic mass is 10.0. The fourth-order valence-corrected chi connectivity index (χ4v) is 1.83. The zero-order chi connectivity index (χ0) is 10.7. The third-order valence-corrected chi connectivity index (χ3v) is 2.72. The quantitative estimate of drug-likeness (QED) is 0.812. The molecule has 2 atom stereocenters. The lowest BCUT2D eigenvalue weighted by molar-refractivity contribution is 0.0899. The summed E-state index contributed by atoms with van der Waals surface area (Å²) < 4.78 is 10.7. The van der Waals surface area contributed by atoms with E-state index in [2.05, 4.69) is 4.98 Å². The molecule has 1 aromatic heterocycles. The molecule has 2 rings (SSSR count). The van der Waals surface area contributed by atoms with E-state index < -0.39 is 0 Å². The van der Waals surface area contributed by atoms with Crippen LogP contribution in [0.1, 0.15) is 24.4 Å². The van der Waals surface area contributed by atoms with Crippen LogP contribution in [0.25, 0.3) is 0 Å². The average molecular weight is 208 g/mol. The standard InChI is InChI=1S/C11H16N2O2/c1-14-9-5-8(6-13-7-9)11(12)10-3-2-4-15-10/h5-7,10-11H,2-4,12H2,1H3. The molecule has 2 unspecified atom stereocenters. The first-order valence-corrected chi connectivity index (χ1v) is 5.17. The second-order valence-corrected chi connectivity index (χ2v) is 3.74. The van der Waals surface area contributed by atoms with Crippen molar-refractivity contribution in [2.24, 2.45) is 5.73 Å². The van der Waals surface area contributed by atoms with Crippen molar-refractivity contribution >= 4 is 0 Å². The minimum atomic E-state index is -0.102. The molecule has 0 radical (unpaired) electrons. The molecule has 4 nitrogen and oxygen atoms in total. The third kappa shape index (κ3) is 2.27. The van der Waals surface area contributed by atoms with Gasteiger partial charge in [-0.05, 0) is 24.5 Å². The lowest BCUT2D eigenvalue weighted by Gasteiger charge is -2.18. The van der Waals surface area contributed by atoms with Gasteiger partial charge in [-0.1, -0.05) is 0 Å². The second-order valence-electron chi connectivity index (χ2n) is 3.74. The predicted octanol–water partition coefficient (Wildman–Crippen LogP) is 1.27. The Bertz CT molecular complexity index is 324. The monoisotopic (exact) mass is 208 g/mol. The number of methoxy groups -OCH3 is 1. The Morgan fingerprint density at radius 2 is 2.47 bits per heavy atom. The number of nitrogens with two attached hydrogens (primary N) is 1. The van der Waals surface area contributed by atoms with Crippen molar-refractivity contribution < 1.29 is 9.47 Å². The summed E-state index contributed by atoms with van der Waals surface area (Å²) in [6, 6.07) is 1.81. The molecule has 2 heterocycles. The summed E-state index contributed by atoms with van der Waals surface area (Å²) in [5, 5.41) is 0. The van der Waals surface area contributed by atoms with Gasteiger partial charge in [0.05, 0.1) is 25.5 Å². The minimum absolute atomic E-state index is 0.102. The van der Waals surface area contributed by atoms with Crippen molar-refractivity contribution in [3.63, 3.8) is 0 Å². The maximum absolute atomic E-state index is 6.10. The minimum Gasteiger partial charge on any atom is -0.495 e. The molecule has 2 N–H and O–H groups in total. The molecule has 0 amide bonds. The second kappa shape index (κ2) is 4.59. The zero-order valence-corrected chi connectivity index (χ0v) is 8.85. The van der Waals surface area contributed by atoms with Gasteiger partial charge in [-0.2, -0.15) is 0 Å². The third-order valence-electron chi connectivity index (χ3n) is 2.72. The Kier molecular flexibility index (Phi) is 3.18. The summed E-state index contributed by atoms with van der Waals surface area (Å²) in [5.41, 5.74) is 7.08. The highest BCUT2D eigenvalue weighted by Gasteiger charge is 2.24. The van der Waals surface area contributed by atoms with E-state index in [-0.39, 0.29) is 12.1 Å². The molecular weight excluding hydrogens is 192 g/mol. The van der Waals surface area contributed by atoms with Crippen molar-refractivity contribution in [2.75, 3.05) is 13.7 Å². The maximum Gasteiger partial charge on any atom is 0.137 e. The molecule has 1 aliphatic heterocycles. The molecular formula is C11H16N2O2. The number of ether oxygens (including phenoxy) is 2. The van der Waals surface area contributed by atoms with Crippen LogP contribution in [-0.2, 0) is 4.74 Å². The molecule has 1 aliphatic rings. The first-order chi connectivity index (χ1) is 7.31. The highest BCUT2D eigenvalue weighted by atomic mass is 16.5. The largest absolute Gasteiger partial charge is 0.495 e. The van der Waals surface area contributed by atoms with Crippen LogP contribution in [0, 0.1) is 0 Å². The summed E-state index contributed by atoms with van der Waals surface area (Å²) in [6.07, 6.45) is 5.69. The van der Waals surface area contributed by atoms with E-state index in [4.69, 9.17) is 15.2 Å². The van der Waals surface area contributed by atoms with E-state index in [0.29, 0.717) is 0 Å². The van der Waals surface area contributed by atoms with Crippen molar-refractivity contribution in [1.29, 1.82) is 0 Å². The van der Waals surface area contributed by atoms with Crippen LogP contribution < -0.4 is 10.5 Å². The van der Waals surface area contributed by atoms with Crippen LogP contribution in [0.15, 0.2) is 18.5 Å². The Hall–Kier alpha value is -1.13. The van der Waals surface area contributed by atoms with Crippen molar-refractivity contribution in [3.8, 4) is 5.75 Å². The van der Waals surface area contributed by atoms with Gasteiger partial charge in [0.1, 0.15) is 5.75 Å². The first kappa shape index (κ1) is 10.4. The molecule has 15 heavy (non-hydrogen) atoms. The van der Waals surface area contributed by atoms with Gasteiger partial charge in [0.15, 0.2) is 0 Å². The molecule has 1 aromatic rings. The Morgan fingerprint density at radius 1 is 1.60 bits per heavy atom. The average Bonchev–Trinajstić information content (AvgIpc) is 2.81. The number of hydrogen-bond donors (Lipinski definition) is 1. The van der Waals surface area contributed by atoms with Gasteiger partial charge >= 0.3 is 0 Å². The molecule has 0 spiro atoms. The van der Waals surface area contributed by atoms with Crippen LogP contribution >= 0.6 is 0 Å². The molecule has 0 aliphatic carbocycles. The lowest BCUT2D eigenvalue weighted by Crippen LogP contribution is -2.25. The molecule has 4 heteroatoms. The van der Waals surface area contributed by atoms with Gasteiger partial charge < -0.3 is 15.2 Å². The summed E-state index contributed by atoms with van der Waals surface area (Å²) >= 11 is 0. The van der Waals surface area contributed by atoms with E-state index >= 15 is 0 Å². The van der Waals surface area contributed by atoms with E-state index in [1.54, 1.807) is 19.5 Å². The first-order valence-electron chi connectivity index (χ1n) is 5.17. The zero-order valence-electron chi connectivity index (χ0n) is 8.85. The molecule has 1 saturated heterocycles. The highest BCUT2D eigenvalue weighted by Crippen LogP contribution is 2.26. The molecule has 82 valence electrons. The van der Waals surface area contributed by atoms with Crippen LogP contribution in [0.4, 0.5) is 0 Å². The van der Waals surface area contributed by atoms with Crippen molar-refractivity contribution in [2.45, 2.75) is 25.0 Å². The van der Waals surface area contributed by atoms with Crippen LogP contribution in [0.5, 0.6) is 5.75 Å². The maximum atomic E-state index is 6.10. The van der Waals surface area contributed by atoms with E-state index in [0.717, 1.165) is 30.8 Å². The molecule has 0 saturated carbocycles. The number of aromatic nitrogens is 1. The molecule has 1 fully saturated rings.